The largest absolute Gasteiger partial charge is 0.489 e. The van der Waals surface area contributed by atoms with Crippen LogP contribution >= 0.6 is 102 Å². The molecule has 0 atom stereocenters. The van der Waals surface area contributed by atoms with Gasteiger partial charge >= 0.3 is 7.12 Å². The van der Waals surface area contributed by atoms with E-state index in [-0.39, 0.29) is 16.6 Å². The van der Waals surface area contributed by atoms with Crippen LogP contribution in [0, 0.1) is 0 Å². The zero-order valence-corrected chi connectivity index (χ0v) is 81.9. The van der Waals surface area contributed by atoms with Crippen LogP contribution in [0.1, 0.15) is 102 Å². The second-order valence-corrected chi connectivity index (χ2v) is 40.5. The van der Waals surface area contributed by atoms with Gasteiger partial charge in [-0.2, -0.15) is 0 Å². The van der Waals surface area contributed by atoms with Crippen molar-refractivity contribution in [3.63, 3.8) is 0 Å². The van der Waals surface area contributed by atoms with Crippen molar-refractivity contribution in [1.29, 1.82) is 0 Å². The summed E-state index contributed by atoms with van der Waals surface area (Å²) in [5, 5.41) is 35.1. The molecule has 0 saturated carbocycles. The minimum atomic E-state index is -1.41. The molecule has 0 spiro atoms. The van der Waals surface area contributed by atoms with Crippen LogP contribution in [-0.4, -0.2) is 28.1 Å². The Hall–Kier alpha value is -12.4. The van der Waals surface area contributed by atoms with E-state index in [1.54, 1.807) is 17.4 Å². The SMILES string of the molecule is Brc1cccc(Br)c1.Brc1cccc(C2c3ccccc3-c3ccccc32)c1.CC1(c2cccc(-c3cccc4c3sc3ccccc34)c2)c2ccccc2-c2ccccc21.CC1(c2cccc(Br)c2)c2ccccc2-c2ccccc21.O=C1c2ccccc2-c2ccccc21.OB(O)c1cccc2c1sc1ccccc12.OC1(c2cccc(Br)c2)c2ccccc2-c2ccccc21. The second kappa shape index (κ2) is 38.0. The maximum atomic E-state index is 11.9. The van der Waals surface area contributed by atoms with Gasteiger partial charge in [-0.1, -0.05) is 456 Å². The van der Waals surface area contributed by atoms with Crippen LogP contribution in [0.2, 0.25) is 0 Å². The third-order valence-electron chi connectivity index (χ3n) is 26.3. The first-order chi connectivity index (χ1) is 64.9. The number of fused-ring (bicyclic) bond motifs is 21. The van der Waals surface area contributed by atoms with Crippen LogP contribution < -0.4 is 5.46 Å². The van der Waals surface area contributed by atoms with Crippen molar-refractivity contribution >= 4 is 161 Å². The lowest BCUT2D eigenvalue weighted by atomic mass is 9.74. The highest BCUT2D eigenvalue weighted by molar-refractivity contribution is 9.11. The van der Waals surface area contributed by atoms with E-state index in [1.807, 2.05) is 175 Å². The Balaban J connectivity index is 0.0000000995. The predicted molar refractivity (Wildman–Crippen MR) is 575 cm³/mol. The van der Waals surface area contributed by atoms with E-state index in [0.717, 1.165) is 82.5 Å². The smallest absolute Gasteiger partial charge is 0.423 e. The van der Waals surface area contributed by atoms with E-state index in [4.69, 9.17) is 0 Å². The first-order valence-corrected chi connectivity index (χ1v) is 49.7. The Labute approximate surface area is 825 Å². The Bertz CT molecular complexity index is 7640. The van der Waals surface area contributed by atoms with Gasteiger partial charge in [-0.3, -0.25) is 4.79 Å². The van der Waals surface area contributed by atoms with Gasteiger partial charge in [0, 0.05) is 96.3 Å². The summed E-state index contributed by atoms with van der Waals surface area (Å²) in [4.78, 5) is 11.9. The van der Waals surface area contributed by atoms with Gasteiger partial charge in [0.25, 0.3) is 0 Å². The molecular formula is C121H84BBr5O4S2. The van der Waals surface area contributed by atoms with E-state index in [1.165, 1.54) is 125 Å². The Kier molecular flexibility index (Phi) is 25.3. The average molecular weight is 2080 g/mol. The number of hydrogen-bond donors (Lipinski definition) is 3. The van der Waals surface area contributed by atoms with Crippen LogP contribution in [0.15, 0.2) is 471 Å². The van der Waals surface area contributed by atoms with E-state index in [2.05, 4.69) is 373 Å². The maximum Gasteiger partial charge on any atom is 0.489 e. The quantitative estimate of drug-likeness (QED) is 0.145. The molecule has 2 heterocycles. The van der Waals surface area contributed by atoms with Crippen molar-refractivity contribution in [1.82, 2.24) is 0 Å². The van der Waals surface area contributed by atoms with Crippen molar-refractivity contribution in [2.45, 2.75) is 36.2 Å². The van der Waals surface area contributed by atoms with Gasteiger partial charge in [-0.25, -0.2) is 0 Å². The van der Waals surface area contributed by atoms with E-state index in [9.17, 15) is 19.9 Å². The van der Waals surface area contributed by atoms with Gasteiger partial charge in [0.15, 0.2) is 5.78 Å². The lowest BCUT2D eigenvalue weighted by molar-refractivity contribution is 0.104. The third-order valence-corrected chi connectivity index (χ3v) is 31.2. The fraction of sp³-hybridized carbons (Fsp3) is 0.0496. The standard InChI is InChI=1S/C32H22S.C20H15Br.C19H13BrO.C19H13Br.C13H8O.C12H9BO2S.C6H4Br2/c1-32(28-17-5-2-12-24(28)25-13-3-6-18-29(25)32)22-11-8-10-21(20-22)23-15-9-16-27-26-14-4-7-19-30(26)33-31(23)27;1-20(14-7-6-8-15(21)13-14)18-11-4-2-9-16(18)17-10-3-5-12-19(17)20;20-14-7-5-6-13(12-14)19(21)17-10-3-1-8-15(17)16-9-2-4-11-18(16)19;20-14-7-5-6-13(12-14)19-17-10-3-1-8-15(17)16-9-2-4-11-18(16)19;14-13-11-7-3-1-5-9(11)10-6-2-4-8-12(10)13;14-13(15)10-6-3-5-9-8-4-1-2-7-11(8)16-12(9)10;7-5-2-1-3-6(8)4-5/h2-20H,1H3;2-13H,1H3;1-12,21H;1-12,19H;1-8H;1-7,14-15H;1-4H. The fourth-order valence-electron chi connectivity index (χ4n) is 20.1. The van der Waals surface area contributed by atoms with Crippen LogP contribution in [-0.2, 0) is 16.4 Å². The first kappa shape index (κ1) is 88.6. The van der Waals surface area contributed by atoms with Crippen LogP contribution in [0.4, 0.5) is 0 Å². The number of hydrogen-bond acceptors (Lipinski definition) is 6. The summed E-state index contributed by atoms with van der Waals surface area (Å²) in [5.74, 6) is 0.496. The van der Waals surface area contributed by atoms with E-state index >= 15 is 0 Å². The highest BCUT2D eigenvalue weighted by atomic mass is 79.9. The van der Waals surface area contributed by atoms with E-state index in [0.29, 0.717) is 11.4 Å². The average Bonchev–Trinajstić information content (AvgIpc) is 1.57. The number of thiophene rings is 2. The molecule has 12 heteroatoms. The number of aliphatic hydroxyl groups is 1. The van der Waals surface area contributed by atoms with Gasteiger partial charge in [0.05, 0.1) is 0 Å². The minimum Gasteiger partial charge on any atom is -0.423 e. The Morgan fingerprint density at radius 1 is 0.263 bits per heavy atom. The molecule has 19 aromatic carbocycles. The lowest BCUT2D eigenvalue weighted by Crippen LogP contribution is -2.29. The first-order valence-electron chi connectivity index (χ1n) is 44.1. The molecule has 5 aliphatic rings. The van der Waals surface area contributed by atoms with Gasteiger partial charge in [0.1, 0.15) is 5.60 Å². The topological polar surface area (TPSA) is 77.8 Å². The normalized spacial score (nSPS) is 13.2. The van der Waals surface area contributed by atoms with Crippen LogP contribution in [0.3, 0.4) is 0 Å². The molecule has 26 rings (SSSR count). The molecule has 0 unspecified atom stereocenters. The van der Waals surface area contributed by atoms with Gasteiger partial charge in [-0.05, 0) is 220 Å². The molecule has 21 aromatic rings. The molecular weight excluding hydrogens is 1990 g/mol. The molecule has 133 heavy (non-hydrogen) atoms. The number of halogens is 5. The van der Waals surface area contributed by atoms with Crippen molar-refractivity contribution in [2.24, 2.45) is 0 Å². The summed E-state index contributed by atoms with van der Waals surface area (Å²) in [6.07, 6.45) is 0. The molecule has 4 nitrogen and oxygen atoms in total. The molecule has 5 aliphatic carbocycles. The highest BCUT2D eigenvalue weighted by Crippen LogP contribution is 2.57. The number of benzene rings is 19. The van der Waals surface area contributed by atoms with Crippen molar-refractivity contribution in [2.75, 3.05) is 0 Å². The minimum absolute atomic E-state index is 0.0863. The van der Waals surface area contributed by atoms with Gasteiger partial charge in [0.2, 0.25) is 0 Å². The number of ketones is 1. The van der Waals surface area contributed by atoms with Gasteiger partial charge in [-0.15, -0.1) is 22.7 Å². The Morgan fingerprint density at radius 2 is 0.571 bits per heavy atom. The molecule has 0 aliphatic heterocycles. The van der Waals surface area contributed by atoms with Gasteiger partial charge < -0.3 is 15.2 Å². The zero-order chi connectivity index (χ0) is 91.1. The molecule has 0 saturated heterocycles. The van der Waals surface area contributed by atoms with Crippen LogP contribution in [0.5, 0.6) is 0 Å². The molecule has 642 valence electrons. The summed E-state index contributed by atoms with van der Waals surface area (Å²) in [7, 11) is -1.41. The number of carbonyl (C=O) groups excluding carboxylic acids is 1. The monoisotopic (exact) mass is 2070 g/mol. The van der Waals surface area contributed by atoms with Crippen LogP contribution in [0.25, 0.3) is 107 Å². The zero-order valence-electron chi connectivity index (χ0n) is 72.3. The van der Waals surface area contributed by atoms with Crippen molar-refractivity contribution in [3.8, 4) is 66.8 Å². The molecule has 3 N–H and O–H groups in total. The van der Waals surface area contributed by atoms with Crippen molar-refractivity contribution in [3.05, 3.63) is 549 Å². The van der Waals surface area contributed by atoms with E-state index < -0.39 is 12.7 Å². The fourth-order valence-corrected chi connectivity index (χ4v) is 24.9. The Morgan fingerprint density at radius 3 is 1.02 bits per heavy atom. The summed E-state index contributed by atoms with van der Waals surface area (Å²) in [6, 6.07) is 156. The molecule has 0 fully saturated rings. The lowest BCUT2D eigenvalue weighted by Gasteiger charge is -2.28. The number of rotatable bonds is 6. The van der Waals surface area contributed by atoms with Crippen molar-refractivity contribution < 1.29 is 19.9 Å². The molecule has 0 bridgehead atoms. The molecule has 0 amide bonds. The maximum absolute atomic E-state index is 11.9. The number of carbonyl (C=O) groups is 1. The summed E-state index contributed by atoms with van der Waals surface area (Å²) < 4.78 is 10.3. The second-order valence-electron chi connectivity index (χ2n) is 33.8. The predicted octanol–water partition coefficient (Wildman–Crippen LogP) is 33.0. The summed E-state index contributed by atoms with van der Waals surface area (Å²) >= 11 is 20.9. The third kappa shape index (κ3) is 16.6. The molecule has 0 radical (unpaired) electrons. The molecule has 2 aromatic heterocycles. The summed E-state index contributed by atoms with van der Waals surface area (Å²) in [5.41, 5.74) is 31.2. The highest BCUT2D eigenvalue weighted by Gasteiger charge is 2.45. The summed E-state index contributed by atoms with van der Waals surface area (Å²) in [6.45, 7) is 4.72.